The summed E-state index contributed by atoms with van der Waals surface area (Å²) in [6.07, 6.45) is 2.41. The van der Waals surface area contributed by atoms with E-state index in [1.165, 1.54) is 16.1 Å². The number of fused-ring (bicyclic) bond motifs is 1. The zero-order chi connectivity index (χ0) is 14.6. The summed E-state index contributed by atoms with van der Waals surface area (Å²) < 4.78 is 12.1. The Morgan fingerprint density at radius 2 is 1.84 bits per heavy atom. The quantitative estimate of drug-likeness (QED) is 0.809. The van der Waals surface area contributed by atoms with Gasteiger partial charge < -0.3 is 14.2 Å². The maximum atomic E-state index is 6.30. The van der Waals surface area contributed by atoms with E-state index in [1.807, 2.05) is 7.11 Å². The Balaban J connectivity index is 2.27. The highest BCUT2D eigenvalue weighted by Gasteiger charge is 2.61. The molecule has 108 valence electrons. The van der Waals surface area contributed by atoms with Gasteiger partial charge in [-0.3, -0.25) is 0 Å². The van der Waals surface area contributed by atoms with Crippen LogP contribution in [-0.2, 0) is 8.85 Å². The maximum Gasteiger partial charge on any atom is 0.253 e. The van der Waals surface area contributed by atoms with E-state index in [0.29, 0.717) is 0 Å². The van der Waals surface area contributed by atoms with Crippen LogP contribution < -0.4 is 5.32 Å². The Morgan fingerprint density at radius 1 is 1.26 bits per heavy atom. The van der Waals surface area contributed by atoms with Crippen LogP contribution in [0.1, 0.15) is 20.8 Å². The first-order chi connectivity index (χ1) is 8.48. The normalized spacial score (nSPS) is 30.3. The van der Waals surface area contributed by atoms with Gasteiger partial charge in [0.25, 0.3) is 8.32 Å². The Hall–Kier alpha value is -0.366. The monoisotopic (exact) mass is 297 g/mol. The van der Waals surface area contributed by atoms with Gasteiger partial charge in [-0.1, -0.05) is 0 Å². The summed E-state index contributed by atoms with van der Waals surface area (Å²) in [5, 5.41) is 6.52. The van der Waals surface area contributed by atoms with E-state index in [-0.39, 0.29) is 11.6 Å². The van der Waals surface area contributed by atoms with Gasteiger partial charge in [-0.15, -0.1) is 0 Å². The van der Waals surface area contributed by atoms with Crippen LogP contribution in [0.25, 0.3) is 0 Å². The molecule has 1 saturated heterocycles. The first-order valence-electron chi connectivity index (χ1n) is 6.96. The van der Waals surface area contributed by atoms with Crippen molar-refractivity contribution in [2.24, 2.45) is 0 Å². The molecule has 0 aromatic carbocycles. The van der Waals surface area contributed by atoms with E-state index in [9.17, 15) is 0 Å². The Labute approximate surface area is 119 Å². The summed E-state index contributed by atoms with van der Waals surface area (Å²) >= 11 is 0. The van der Waals surface area contributed by atoms with Gasteiger partial charge in [-0.05, 0) is 63.4 Å². The van der Waals surface area contributed by atoms with Crippen LogP contribution in [0.15, 0.2) is 22.2 Å². The van der Waals surface area contributed by atoms with Gasteiger partial charge in [0.2, 0.25) is 0 Å². The van der Waals surface area contributed by atoms with E-state index in [0.717, 1.165) is 0 Å². The number of nitrogens with one attached hydrogen (secondary N) is 1. The second-order valence-corrected chi connectivity index (χ2v) is 15.6. The fourth-order valence-electron chi connectivity index (χ4n) is 2.63. The first-order valence-corrected chi connectivity index (χ1v) is 12.8. The number of hydrogen-bond acceptors (Lipinski definition) is 3. The molecule has 2 rings (SSSR count). The standard InChI is InChI=1S/C14H27NO2Si2/c1-14(2,3)15-12-10(17-18(5,6)7)9-11-13(12)19(11,8)16-4/h9-10,15H,1-8H3. The van der Waals surface area contributed by atoms with Gasteiger partial charge in [-0.2, -0.15) is 0 Å². The molecule has 5 heteroatoms. The average Bonchev–Trinajstić information content (AvgIpc) is 2.59. The minimum atomic E-state index is -1.69. The van der Waals surface area contributed by atoms with E-state index in [4.69, 9.17) is 8.85 Å². The topological polar surface area (TPSA) is 30.5 Å². The highest BCUT2D eigenvalue weighted by molar-refractivity contribution is 7.02. The molecule has 1 N–H and O–H groups in total. The van der Waals surface area contributed by atoms with E-state index < -0.39 is 16.6 Å². The SMILES string of the molecule is CO[Si]1(C)C2=CC(O[Si](C)(C)C)C(NC(C)(C)C)=C21. The summed E-state index contributed by atoms with van der Waals surface area (Å²) in [6.45, 7) is 15.6. The minimum absolute atomic E-state index is 0.0539. The molecule has 1 fully saturated rings. The molecule has 3 nitrogen and oxygen atoms in total. The van der Waals surface area contributed by atoms with Crippen LogP contribution in [-0.4, -0.2) is 35.4 Å². The number of allylic oxidation sites excluding steroid dienone is 2. The van der Waals surface area contributed by atoms with Gasteiger partial charge in [-0.25, -0.2) is 0 Å². The molecule has 1 aliphatic carbocycles. The fraction of sp³-hybridized carbons (Fsp3) is 0.714. The molecule has 1 heterocycles. The third-order valence-electron chi connectivity index (χ3n) is 3.47. The molecule has 1 aliphatic heterocycles. The molecule has 2 atom stereocenters. The molecule has 0 saturated carbocycles. The average molecular weight is 298 g/mol. The second kappa shape index (κ2) is 4.31. The molecule has 0 spiro atoms. The van der Waals surface area contributed by atoms with Crippen molar-refractivity contribution in [1.82, 2.24) is 5.32 Å². The molecule has 2 aliphatic rings. The predicted octanol–water partition coefficient (Wildman–Crippen LogP) is 3.10. The van der Waals surface area contributed by atoms with Gasteiger partial charge in [0.05, 0.1) is 0 Å². The lowest BCUT2D eigenvalue weighted by molar-refractivity contribution is 0.258. The fourth-order valence-corrected chi connectivity index (χ4v) is 6.69. The van der Waals surface area contributed by atoms with Gasteiger partial charge in [0.15, 0.2) is 8.32 Å². The van der Waals surface area contributed by atoms with Crippen LogP contribution in [0.4, 0.5) is 0 Å². The van der Waals surface area contributed by atoms with Gasteiger partial charge in [0, 0.05) is 18.3 Å². The van der Waals surface area contributed by atoms with Crippen molar-refractivity contribution in [2.75, 3.05) is 7.11 Å². The molecule has 0 bridgehead atoms. The van der Waals surface area contributed by atoms with Crippen molar-refractivity contribution in [3.8, 4) is 0 Å². The van der Waals surface area contributed by atoms with Crippen LogP contribution in [0.3, 0.4) is 0 Å². The van der Waals surface area contributed by atoms with Crippen molar-refractivity contribution in [3.05, 3.63) is 22.2 Å². The number of rotatable bonds is 4. The van der Waals surface area contributed by atoms with Crippen LogP contribution in [0.5, 0.6) is 0 Å². The second-order valence-electron chi connectivity index (χ2n) is 7.63. The van der Waals surface area contributed by atoms with Crippen molar-refractivity contribution in [1.29, 1.82) is 0 Å². The predicted molar refractivity (Wildman–Crippen MR) is 84.8 cm³/mol. The maximum absolute atomic E-state index is 6.30. The van der Waals surface area contributed by atoms with Crippen LogP contribution in [0.2, 0.25) is 26.2 Å². The van der Waals surface area contributed by atoms with E-state index in [2.05, 4.69) is 58.4 Å². The summed E-state index contributed by atoms with van der Waals surface area (Å²) in [6, 6.07) is 0. The first kappa shape index (κ1) is 15.0. The molecule has 19 heavy (non-hydrogen) atoms. The lowest BCUT2D eigenvalue weighted by atomic mass is 10.1. The van der Waals surface area contributed by atoms with Crippen molar-refractivity contribution < 1.29 is 8.85 Å². The lowest BCUT2D eigenvalue weighted by Crippen LogP contribution is -2.43. The van der Waals surface area contributed by atoms with Crippen LogP contribution >= 0.6 is 0 Å². The highest BCUT2D eigenvalue weighted by Crippen LogP contribution is 2.54. The smallest absolute Gasteiger partial charge is 0.253 e. The molecule has 0 aromatic rings. The minimum Gasteiger partial charge on any atom is -0.411 e. The molecule has 0 radical (unpaired) electrons. The summed E-state index contributed by atoms with van der Waals surface area (Å²) in [5.74, 6) is 0. The number of hydrogen-bond donors (Lipinski definition) is 1. The van der Waals surface area contributed by atoms with E-state index in [1.54, 1.807) is 0 Å². The lowest BCUT2D eigenvalue weighted by Gasteiger charge is -2.31. The molecule has 0 amide bonds. The summed E-state index contributed by atoms with van der Waals surface area (Å²) in [7, 11) is -1.41. The zero-order valence-electron chi connectivity index (χ0n) is 13.5. The summed E-state index contributed by atoms with van der Waals surface area (Å²) in [4.78, 5) is 0. The molecular weight excluding hydrogens is 270 g/mol. The molecule has 0 aromatic heterocycles. The Kier molecular flexibility index (Phi) is 3.41. The van der Waals surface area contributed by atoms with Crippen LogP contribution in [0, 0.1) is 0 Å². The van der Waals surface area contributed by atoms with Crippen molar-refractivity contribution >= 4 is 16.6 Å². The van der Waals surface area contributed by atoms with Gasteiger partial charge in [0.1, 0.15) is 6.10 Å². The van der Waals surface area contributed by atoms with E-state index >= 15 is 0 Å². The Morgan fingerprint density at radius 3 is 2.26 bits per heavy atom. The highest BCUT2D eigenvalue weighted by atomic mass is 28.4. The van der Waals surface area contributed by atoms with Gasteiger partial charge >= 0.3 is 0 Å². The third kappa shape index (κ3) is 2.89. The van der Waals surface area contributed by atoms with Crippen molar-refractivity contribution in [2.45, 2.75) is 58.6 Å². The molecular formula is C14H27NO2Si2. The largest absolute Gasteiger partial charge is 0.411 e. The van der Waals surface area contributed by atoms with Crippen molar-refractivity contribution in [3.63, 3.8) is 0 Å². The zero-order valence-corrected chi connectivity index (χ0v) is 15.5. The Bertz CT molecular complexity index is 457. The molecule has 2 unspecified atom stereocenters. The summed E-state index contributed by atoms with van der Waals surface area (Å²) in [5.41, 5.74) is 1.32. The third-order valence-corrected chi connectivity index (χ3v) is 7.93.